The van der Waals surface area contributed by atoms with Gasteiger partial charge in [0.05, 0.1) is 6.61 Å². The fraction of sp³-hybridized carbons (Fsp3) is 0.846. The average molecular weight is 209 g/mol. The summed E-state index contributed by atoms with van der Waals surface area (Å²) in [5.74, 6) is 0.676. The Morgan fingerprint density at radius 3 is 2.87 bits per heavy atom. The largest absolute Gasteiger partial charge is 0.381 e. The van der Waals surface area contributed by atoms with E-state index in [1.165, 1.54) is 32.1 Å². The van der Waals surface area contributed by atoms with Gasteiger partial charge in [-0.3, -0.25) is 0 Å². The topological polar surface area (TPSA) is 21.3 Å². The van der Waals surface area contributed by atoms with Crippen molar-refractivity contribution < 1.29 is 4.74 Å². The van der Waals surface area contributed by atoms with Crippen molar-refractivity contribution in [2.24, 2.45) is 5.92 Å². The zero-order valence-corrected chi connectivity index (χ0v) is 9.80. The van der Waals surface area contributed by atoms with Gasteiger partial charge in [0.2, 0.25) is 0 Å². The van der Waals surface area contributed by atoms with E-state index in [0.29, 0.717) is 5.92 Å². The van der Waals surface area contributed by atoms with Crippen molar-refractivity contribution in [1.29, 1.82) is 0 Å². The summed E-state index contributed by atoms with van der Waals surface area (Å²) < 4.78 is 5.50. The first kappa shape index (κ1) is 11.2. The van der Waals surface area contributed by atoms with Crippen molar-refractivity contribution in [2.45, 2.75) is 45.1 Å². The molecular weight excluding hydrogens is 186 g/mol. The van der Waals surface area contributed by atoms with E-state index in [4.69, 9.17) is 4.74 Å². The van der Waals surface area contributed by atoms with Crippen LogP contribution in [0.15, 0.2) is 11.6 Å². The molecule has 0 spiro atoms. The molecule has 1 N–H and O–H groups in total. The maximum atomic E-state index is 5.50. The van der Waals surface area contributed by atoms with Gasteiger partial charge in [0, 0.05) is 25.1 Å². The average Bonchev–Trinajstić information content (AvgIpc) is 3.09. The number of hydrogen-bond acceptors (Lipinski definition) is 2. The minimum absolute atomic E-state index is 0.676. The fourth-order valence-corrected chi connectivity index (χ4v) is 2.10. The van der Waals surface area contributed by atoms with Gasteiger partial charge in [-0.2, -0.15) is 0 Å². The minimum Gasteiger partial charge on any atom is -0.381 e. The van der Waals surface area contributed by atoms with Crippen LogP contribution in [-0.4, -0.2) is 25.8 Å². The molecule has 0 aromatic carbocycles. The van der Waals surface area contributed by atoms with Gasteiger partial charge in [-0.25, -0.2) is 0 Å². The van der Waals surface area contributed by atoms with Crippen LogP contribution in [0.5, 0.6) is 0 Å². The quantitative estimate of drug-likeness (QED) is 0.702. The molecule has 15 heavy (non-hydrogen) atoms. The normalized spacial score (nSPS) is 28.1. The standard InChI is InChI=1S/C13H23NO/c1-2-11(9-14-13-5-6-13)8-12-4-3-7-15-10-12/h8,12-14H,2-7,9-10H2,1H3. The van der Waals surface area contributed by atoms with Crippen LogP contribution in [0.4, 0.5) is 0 Å². The van der Waals surface area contributed by atoms with Crippen molar-refractivity contribution in [3.8, 4) is 0 Å². The van der Waals surface area contributed by atoms with Crippen LogP contribution < -0.4 is 5.32 Å². The SMILES string of the molecule is CCC(=CC1CCCOC1)CNC1CC1. The van der Waals surface area contributed by atoms with Crippen LogP contribution in [0.2, 0.25) is 0 Å². The summed E-state index contributed by atoms with van der Waals surface area (Å²) in [5, 5.41) is 3.59. The van der Waals surface area contributed by atoms with Crippen LogP contribution >= 0.6 is 0 Å². The Kier molecular flexibility index (Phi) is 4.21. The van der Waals surface area contributed by atoms with Gasteiger partial charge >= 0.3 is 0 Å². The molecule has 1 saturated carbocycles. The first-order chi connectivity index (χ1) is 7.38. The lowest BCUT2D eigenvalue weighted by Gasteiger charge is -2.20. The Balaban J connectivity index is 1.76. The third kappa shape index (κ3) is 3.96. The van der Waals surface area contributed by atoms with Gasteiger partial charge < -0.3 is 10.1 Å². The molecule has 2 aliphatic rings. The van der Waals surface area contributed by atoms with E-state index in [2.05, 4.69) is 18.3 Å². The predicted molar refractivity (Wildman–Crippen MR) is 62.9 cm³/mol. The monoisotopic (exact) mass is 209 g/mol. The molecule has 0 aromatic rings. The number of ether oxygens (including phenoxy) is 1. The Labute approximate surface area is 93.1 Å². The number of nitrogens with one attached hydrogen (secondary N) is 1. The lowest BCUT2D eigenvalue weighted by atomic mass is 9.98. The highest BCUT2D eigenvalue weighted by atomic mass is 16.5. The van der Waals surface area contributed by atoms with Crippen LogP contribution in [0.25, 0.3) is 0 Å². The second kappa shape index (κ2) is 5.66. The lowest BCUT2D eigenvalue weighted by molar-refractivity contribution is 0.0707. The highest BCUT2D eigenvalue weighted by Crippen LogP contribution is 2.20. The summed E-state index contributed by atoms with van der Waals surface area (Å²) in [6.07, 6.45) is 8.93. The summed E-state index contributed by atoms with van der Waals surface area (Å²) in [7, 11) is 0. The summed E-state index contributed by atoms with van der Waals surface area (Å²) in [4.78, 5) is 0. The van der Waals surface area contributed by atoms with Crippen molar-refractivity contribution in [2.75, 3.05) is 19.8 Å². The third-order valence-corrected chi connectivity index (χ3v) is 3.32. The molecule has 1 aliphatic heterocycles. The second-order valence-corrected chi connectivity index (χ2v) is 4.81. The Morgan fingerprint density at radius 2 is 2.27 bits per heavy atom. The third-order valence-electron chi connectivity index (χ3n) is 3.32. The Morgan fingerprint density at radius 1 is 1.40 bits per heavy atom. The molecule has 0 aromatic heterocycles. The van der Waals surface area contributed by atoms with Crippen molar-refractivity contribution in [1.82, 2.24) is 5.32 Å². The van der Waals surface area contributed by atoms with Crippen LogP contribution in [0.1, 0.15) is 39.0 Å². The van der Waals surface area contributed by atoms with Crippen LogP contribution in [0.3, 0.4) is 0 Å². The number of hydrogen-bond donors (Lipinski definition) is 1. The van der Waals surface area contributed by atoms with E-state index >= 15 is 0 Å². The van der Waals surface area contributed by atoms with Gasteiger partial charge in [-0.15, -0.1) is 0 Å². The van der Waals surface area contributed by atoms with Gasteiger partial charge in [-0.1, -0.05) is 18.6 Å². The zero-order valence-electron chi connectivity index (χ0n) is 9.80. The maximum absolute atomic E-state index is 5.50. The van der Waals surface area contributed by atoms with E-state index in [1.54, 1.807) is 5.57 Å². The van der Waals surface area contributed by atoms with Gasteiger partial charge in [0.25, 0.3) is 0 Å². The van der Waals surface area contributed by atoms with E-state index in [-0.39, 0.29) is 0 Å². The summed E-state index contributed by atoms with van der Waals surface area (Å²) in [5.41, 5.74) is 1.57. The first-order valence-corrected chi connectivity index (χ1v) is 6.39. The molecule has 0 radical (unpaired) electrons. The molecule has 0 amide bonds. The van der Waals surface area contributed by atoms with Crippen molar-refractivity contribution in [3.63, 3.8) is 0 Å². The molecule has 1 aliphatic carbocycles. The molecule has 0 bridgehead atoms. The molecule has 1 heterocycles. The molecule has 2 heteroatoms. The summed E-state index contributed by atoms with van der Waals surface area (Å²) >= 11 is 0. The molecule has 2 fully saturated rings. The lowest BCUT2D eigenvalue weighted by Crippen LogP contribution is -2.21. The van der Waals surface area contributed by atoms with E-state index in [1.807, 2.05) is 0 Å². The predicted octanol–water partition coefficient (Wildman–Crippen LogP) is 2.50. The molecular formula is C13H23NO. The van der Waals surface area contributed by atoms with E-state index in [9.17, 15) is 0 Å². The van der Waals surface area contributed by atoms with Crippen LogP contribution in [-0.2, 0) is 4.74 Å². The van der Waals surface area contributed by atoms with Gasteiger partial charge in [0.1, 0.15) is 0 Å². The smallest absolute Gasteiger partial charge is 0.0528 e. The molecule has 1 unspecified atom stereocenters. The Hall–Kier alpha value is -0.340. The first-order valence-electron chi connectivity index (χ1n) is 6.39. The van der Waals surface area contributed by atoms with E-state index < -0.39 is 0 Å². The highest BCUT2D eigenvalue weighted by molar-refractivity contribution is 5.07. The minimum atomic E-state index is 0.676. The van der Waals surface area contributed by atoms with Crippen molar-refractivity contribution >= 4 is 0 Å². The summed E-state index contributed by atoms with van der Waals surface area (Å²) in [6, 6.07) is 0.822. The van der Waals surface area contributed by atoms with Gasteiger partial charge in [0.15, 0.2) is 0 Å². The number of rotatable bonds is 5. The fourth-order valence-electron chi connectivity index (χ4n) is 2.10. The van der Waals surface area contributed by atoms with Crippen molar-refractivity contribution in [3.05, 3.63) is 11.6 Å². The second-order valence-electron chi connectivity index (χ2n) is 4.81. The highest BCUT2D eigenvalue weighted by Gasteiger charge is 2.20. The molecule has 1 saturated heterocycles. The molecule has 2 rings (SSSR count). The van der Waals surface area contributed by atoms with Crippen LogP contribution in [0, 0.1) is 5.92 Å². The maximum Gasteiger partial charge on any atom is 0.0528 e. The molecule has 86 valence electrons. The van der Waals surface area contributed by atoms with Gasteiger partial charge in [-0.05, 0) is 32.1 Å². The summed E-state index contributed by atoms with van der Waals surface area (Å²) in [6.45, 7) is 5.25. The van der Waals surface area contributed by atoms with E-state index in [0.717, 1.165) is 25.8 Å². The molecule has 2 nitrogen and oxygen atoms in total. The Bertz CT molecular complexity index is 215. The zero-order chi connectivity index (χ0) is 10.5. The molecule has 1 atom stereocenters.